The van der Waals surface area contributed by atoms with E-state index in [0.717, 1.165) is 5.56 Å². The topological polar surface area (TPSA) is 75.6 Å². The van der Waals surface area contributed by atoms with Crippen LogP contribution in [-0.2, 0) is 16.1 Å². The highest BCUT2D eigenvalue weighted by molar-refractivity contribution is 6.12. The van der Waals surface area contributed by atoms with Crippen LogP contribution in [0.25, 0.3) is 0 Å². The fraction of sp³-hybridized carbons (Fsp3) is 0.130. The molecule has 2 N–H and O–H groups in total. The van der Waals surface area contributed by atoms with E-state index in [1.54, 1.807) is 60.7 Å². The van der Waals surface area contributed by atoms with Crippen LogP contribution in [0.5, 0.6) is 5.75 Å². The van der Waals surface area contributed by atoms with E-state index in [1.807, 2.05) is 18.2 Å². The first-order valence-electron chi connectivity index (χ1n) is 9.06. The second kappa shape index (κ2) is 9.37. The molecule has 0 aromatic heterocycles. The number of rotatable bonds is 8. The van der Waals surface area contributed by atoms with Crippen molar-refractivity contribution in [1.29, 1.82) is 0 Å². The smallest absolute Gasteiger partial charge is 0.332 e. The number of phenols is 1. The summed E-state index contributed by atoms with van der Waals surface area (Å²) in [5.41, 5.74) is 5.11. The van der Waals surface area contributed by atoms with Gasteiger partial charge in [0.2, 0.25) is 0 Å². The second-order valence-corrected chi connectivity index (χ2v) is 6.34. The molecule has 0 atom stereocenters. The normalized spacial score (nSPS) is 10.3. The van der Waals surface area contributed by atoms with Crippen molar-refractivity contribution in [2.45, 2.75) is 19.3 Å². The second-order valence-electron chi connectivity index (χ2n) is 6.34. The molecule has 142 valence electrons. The van der Waals surface area contributed by atoms with Crippen LogP contribution in [0.3, 0.4) is 0 Å². The maximum atomic E-state index is 12.7. The zero-order chi connectivity index (χ0) is 19.8. The fourth-order valence-electron chi connectivity index (χ4n) is 2.78. The van der Waals surface area contributed by atoms with E-state index in [1.165, 1.54) is 0 Å². The first-order chi connectivity index (χ1) is 13.6. The Bertz CT molecular complexity index is 936. The molecule has 0 unspecified atom stereocenters. The van der Waals surface area contributed by atoms with Crippen molar-refractivity contribution in [3.05, 3.63) is 95.6 Å². The van der Waals surface area contributed by atoms with E-state index < -0.39 is 5.97 Å². The van der Waals surface area contributed by atoms with Gasteiger partial charge in [-0.05, 0) is 42.7 Å². The lowest BCUT2D eigenvalue weighted by atomic mass is 10.0. The number of benzene rings is 3. The molecule has 3 aromatic rings. The third-order valence-electron chi connectivity index (χ3n) is 4.27. The number of hydrogen-bond acceptors (Lipinski definition) is 5. The summed E-state index contributed by atoms with van der Waals surface area (Å²) in [5, 5.41) is 9.28. The number of aryl methyl sites for hydroxylation is 1. The summed E-state index contributed by atoms with van der Waals surface area (Å²) in [4.78, 5) is 29.8. The summed E-state index contributed by atoms with van der Waals surface area (Å²) in [5.74, 6) is -0.330. The van der Waals surface area contributed by atoms with Crippen molar-refractivity contribution in [3.8, 4) is 5.75 Å². The number of hydrogen-bond donors (Lipinski definition) is 2. The molecule has 0 aliphatic carbocycles. The molecule has 0 heterocycles. The van der Waals surface area contributed by atoms with Gasteiger partial charge in [0, 0.05) is 17.5 Å². The van der Waals surface area contributed by atoms with Gasteiger partial charge in [-0.1, -0.05) is 54.6 Å². The molecule has 0 saturated heterocycles. The van der Waals surface area contributed by atoms with Crippen LogP contribution in [-0.4, -0.2) is 16.9 Å². The lowest BCUT2D eigenvalue weighted by Crippen LogP contribution is -2.13. The maximum absolute atomic E-state index is 12.7. The van der Waals surface area contributed by atoms with Crippen molar-refractivity contribution in [2.75, 3.05) is 5.48 Å². The van der Waals surface area contributed by atoms with E-state index >= 15 is 0 Å². The van der Waals surface area contributed by atoms with Crippen molar-refractivity contribution in [2.24, 2.45) is 0 Å². The molecule has 0 aliphatic heterocycles. The number of carbonyl (C=O) groups excluding carboxylic acids is 2. The molecule has 5 nitrogen and oxygen atoms in total. The van der Waals surface area contributed by atoms with E-state index in [-0.39, 0.29) is 18.0 Å². The number of anilines is 1. The van der Waals surface area contributed by atoms with Crippen molar-refractivity contribution >= 4 is 17.4 Å². The number of ketones is 1. The lowest BCUT2D eigenvalue weighted by Gasteiger charge is -2.11. The molecular weight excluding hydrogens is 354 g/mol. The van der Waals surface area contributed by atoms with Crippen LogP contribution >= 0.6 is 0 Å². The zero-order valence-corrected chi connectivity index (χ0v) is 15.3. The minimum Gasteiger partial charge on any atom is -0.508 e. The number of para-hydroxylation sites is 1. The van der Waals surface area contributed by atoms with Gasteiger partial charge < -0.3 is 9.94 Å². The highest BCUT2D eigenvalue weighted by Gasteiger charge is 2.14. The average Bonchev–Trinajstić information content (AvgIpc) is 2.74. The summed E-state index contributed by atoms with van der Waals surface area (Å²) in [6.07, 6.45) is 1.57. The van der Waals surface area contributed by atoms with Gasteiger partial charge in [-0.15, -0.1) is 0 Å². The number of nitrogens with one attached hydrogen (secondary N) is 1. The van der Waals surface area contributed by atoms with Gasteiger partial charge in [-0.2, -0.15) is 0 Å². The molecule has 28 heavy (non-hydrogen) atoms. The van der Waals surface area contributed by atoms with Crippen molar-refractivity contribution in [3.63, 3.8) is 0 Å². The third kappa shape index (κ3) is 5.20. The van der Waals surface area contributed by atoms with Crippen LogP contribution in [0.4, 0.5) is 5.69 Å². The highest BCUT2D eigenvalue weighted by atomic mass is 16.7. The molecule has 0 fully saturated rings. The van der Waals surface area contributed by atoms with Gasteiger partial charge in [0.15, 0.2) is 5.78 Å². The van der Waals surface area contributed by atoms with Gasteiger partial charge in [0.05, 0.1) is 5.69 Å². The summed E-state index contributed by atoms with van der Waals surface area (Å²) in [6.45, 7) is 0. The largest absolute Gasteiger partial charge is 0.508 e. The molecule has 0 amide bonds. The van der Waals surface area contributed by atoms with Gasteiger partial charge in [-0.25, -0.2) is 10.3 Å². The fourth-order valence-corrected chi connectivity index (χ4v) is 2.78. The molecular formula is C23H21NO4. The quantitative estimate of drug-likeness (QED) is 0.447. The average molecular weight is 375 g/mol. The van der Waals surface area contributed by atoms with Gasteiger partial charge in [0.25, 0.3) is 0 Å². The molecule has 3 aromatic carbocycles. The van der Waals surface area contributed by atoms with Gasteiger partial charge in [0.1, 0.15) is 5.75 Å². The first-order valence-corrected chi connectivity index (χ1v) is 9.06. The number of phenolic OH excluding ortho intramolecular Hbond substituents is 1. The Morgan fingerprint density at radius 1 is 0.857 bits per heavy atom. The standard InChI is InChI=1S/C23H21NO4/c25-19-15-13-17(14-16-19)7-6-12-22(26)28-24-21-11-5-4-10-20(21)23(27)18-8-2-1-3-9-18/h1-5,8-11,13-16,24-25H,6-7,12H2. The number of aromatic hydroxyl groups is 1. The lowest BCUT2D eigenvalue weighted by molar-refractivity contribution is -0.140. The zero-order valence-electron chi connectivity index (χ0n) is 15.3. The minimum atomic E-state index is -0.402. The Labute approximate surface area is 163 Å². The molecule has 0 radical (unpaired) electrons. The van der Waals surface area contributed by atoms with Gasteiger partial charge >= 0.3 is 5.97 Å². The molecule has 3 rings (SSSR count). The van der Waals surface area contributed by atoms with Gasteiger partial charge in [-0.3, -0.25) is 4.79 Å². The minimum absolute atomic E-state index is 0.146. The predicted molar refractivity (Wildman–Crippen MR) is 107 cm³/mol. The monoisotopic (exact) mass is 375 g/mol. The van der Waals surface area contributed by atoms with Crippen LogP contribution < -0.4 is 5.48 Å². The van der Waals surface area contributed by atoms with E-state index in [0.29, 0.717) is 29.7 Å². The Hall–Kier alpha value is -3.60. The molecule has 0 aliphatic rings. The van der Waals surface area contributed by atoms with Crippen molar-refractivity contribution < 1.29 is 19.5 Å². The Kier molecular flexibility index (Phi) is 6.41. The van der Waals surface area contributed by atoms with Crippen LogP contribution in [0.15, 0.2) is 78.9 Å². The van der Waals surface area contributed by atoms with Crippen LogP contribution in [0, 0.1) is 0 Å². The highest BCUT2D eigenvalue weighted by Crippen LogP contribution is 2.19. The summed E-state index contributed by atoms with van der Waals surface area (Å²) < 4.78 is 0. The SMILES string of the molecule is O=C(CCCc1ccc(O)cc1)ONc1ccccc1C(=O)c1ccccc1. The third-order valence-corrected chi connectivity index (χ3v) is 4.27. The summed E-state index contributed by atoms with van der Waals surface area (Å²) in [7, 11) is 0. The molecule has 0 saturated carbocycles. The maximum Gasteiger partial charge on any atom is 0.332 e. The summed E-state index contributed by atoms with van der Waals surface area (Å²) in [6, 6.07) is 22.7. The van der Waals surface area contributed by atoms with E-state index in [9.17, 15) is 14.7 Å². The predicted octanol–water partition coefficient (Wildman–Crippen LogP) is 4.52. The molecule has 5 heteroatoms. The summed E-state index contributed by atoms with van der Waals surface area (Å²) >= 11 is 0. The van der Waals surface area contributed by atoms with Crippen LogP contribution in [0.1, 0.15) is 34.3 Å². The Morgan fingerprint density at radius 3 is 2.29 bits per heavy atom. The van der Waals surface area contributed by atoms with Crippen molar-refractivity contribution in [1.82, 2.24) is 0 Å². The van der Waals surface area contributed by atoms with Crippen LogP contribution in [0.2, 0.25) is 0 Å². The Morgan fingerprint density at radius 2 is 1.54 bits per heavy atom. The molecule has 0 spiro atoms. The van der Waals surface area contributed by atoms with E-state index in [4.69, 9.17) is 4.84 Å². The molecule has 0 bridgehead atoms. The van der Waals surface area contributed by atoms with E-state index in [2.05, 4.69) is 5.48 Å². The number of carbonyl (C=O) groups is 2. The Balaban J connectivity index is 1.53. The first kappa shape index (κ1) is 19.2.